The Balaban J connectivity index is 1.71. The van der Waals surface area contributed by atoms with Gasteiger partial charge >= 0.3 is 12.2 Å². The number of hydrogen-bond donors (Lipinski definition) is 2. The molecular weight excluding hydrogens is 425 g/mol. The Hall–Kier alpha value is -2.81. The Labute approximate surface area is 161 Å². The maximum Gasteiger partial charge on any atom is 0.416 e. The number of aromatic nitrogens is 2. The van der Waals surface area contributed by atoms with Gasteiger partial charge < -0.3 is 10.6 Å². The molecule has 0 aliphatic carbocycles. The average Bonchev–Trinajstić information content (AvgIpc) is 2.93. The van der Waals surface area contributed by atoms with E-state index in [1.807, 2.05) is 6.07 Å². The zero-order valence-electron chi connectivity index (χ0n) is 14.0. The third kappa shape index (κ3) is 4.48. The summed E-state index contributed by atoms with van der Waals surface area (Å²) in [6, 6.07) is 10.8. The molecule has 0 aliphatic rings. The van der Waals surface area contributed by atoms with Gasteiger partial charge in [-0.05, 0) is 52.3 Å². The lowest BCUT2D eigenvalue weighted by molar-refractivity contribution is -0.137. The van der Waals surface area contributed by atoms with Gasteiger partial charge in [-0.1, -0.05) is 12.1 Å². The number of benzene rings is 2. The number of carbonyl (C=O) groups excluding carboxylic acids is 1. The Morgan fingerprint density at radius 1 is 1.07 bits per heavy atom. The molecule has 3 aromatic rings. The van der Waals surface area contributed by atoms with Crippen LogP contribution in [0.5, 0.6) is 0 Å². The van der Waals surface area contributed by atoms with Crippen molar-refractivity contribution in [3.8, 4) is 11.3 Å². The normalized spacial score (nSPS) is 11.3. The Morgan fingerprint density at radius 3 is 2.33 bits per heavy atom. The second-order valence-electron chi connectivity index (χ2n) is 5.70. The molecule has 2 aromatic carbocycles. The number of carbonyl (C=O) groups is 1. The molecule has 0 saturated carbocycles. The molecule has 2 N–H and O–H groups in total. The van der Waals surface area contributed by atoms with Gasteiger partial charge in [0, 0.05) is 24.0 Å². The minimum absolute atomic E-state index is 0.256. The minimum Gasteiger partial charge on any atom is -0.308 e. The van der Waals surface area contributed by atoms with Crippen LogP contribution in [0.3, 0.4) is 0 Å². The second kappa shape index (κ2) is 7.43. The van der Waals surface area contributed by atoms with Crippen molar-refractivity contribution in [1.82, 2.24) is 9.78 Å². The van der Waals surface area contributed by atoms with E-state index in [0.717, 1.165) is 27.9 Å². The van der Waals surface area contributed by atoms with Crippen LogP contribution in [-0.4, -0.2) is 15.8 Å². The van der Waals surface area contributed by atoms with Crippen molar-refractivity contribution < 1.29 is 18.0 Å². The van der Waals surface area contributed by atoms with E-state index in [0.29, 0.717) is 5.69 Å². The molecule has 0 saturated heterocycles. The number of alkyl halides is 3. The number of nitrogens with zero attached hydrogens (tertiary/aromatic N) is 2. The van der Waals surface area contributed by atoms with Crippen molar-refractivity contribution in [3.63, 3.8) is 0 Å². The number of aryl methyl sites for hydroxylation is 1. The highest BCUT2D eigenvalue weighted by atomic mass is 79.9. The molecule has 3 rings (SSSR count). The fourth-order valence-electron chi connectivity index (χ4n) is 2.52. The summed E-state index contributed by atoms with van der Waals surface area (Å²) in [6.45, 7) is 0. The summed E-state index contributed by atoms with van der Waals surface area (Å²) >= 11 is 3.43. The van der Waals surface area contributed by atoms with Crippen molar-refractivity contribution in [3.05, 3.63) is 64.8 Å². The molecule has 9 heteroatoms. The number of rotatable bonds is 3. The zero-order chi connectivity index (χ0) is 19.6. The highest BCUT2D eigenvalue weighted by molar-refractivity contribution is 9.10. The van der Waals surface area contributed by atoms with Crippen molar-refractivity contribution in [2.24, 2.45) is 7.05 Å². The number of anilines is 2. The number of halogens is 4. The lowest BCUT2D eigenvalue weighted by Gasteiger charge is -2.11. The van der Waals surface area contributed by atoms with E-state index in [1.54, 1.807) is 36.1 Å². The zero-order valence-corrected chi connectivity index (χ0v) is 15.6. The number of urea groups is 1. The molecule has 0 atom stereocenters. The molecule has 0 spiro atoms. The fraction of sp³-hybridized carbons (Fsp3) is 0.111. The average molecular weight is 439 g/mol. The number of hydrogen-bond acceptors (Lipinski definition) is 2. The molecule has 0 fully saturated rings. The van der Waals surface area contributed by atoms with E-state index < -0.39 is 17.8 Å². The van der Waals surface area contributed by atoms with Crippen LogP contribution in [0.4, 0.5) is 29.3 Å². The first-order valence-corrected chi connectivity index (χ1v) is 8.56. The van der Waals surface area contributed by atoms with E-state index in [-0.39, 0.29) is 5.69 Å². The fourth-order valence-corrected chi connectivity index (χ4v) is 3.09. The van der Waals surface area contributed by atoms with Crippen LogP contribution < -0.4 is 10.6 Å². The predicted molar refractivity (Wildman–Crippen MR) is 100 cm³/mol. The van der Waals surface area contributed by atoms with Crippen LogP contribution in [0.2, 0.25) is 0 Å². The Bertz CT molecular complexity index is 948. The molecule has 5 nitrogen and oxygen atoms in total. The molecule has 0 bridgehead atoms. The van der Waals surface area contributed by atoms with Gasteiger partial charge in [0.15, 0.2) is 0 Å². The largest absolute Gasteiger partial charge is 0.416 e. The minimum atomic E-state index is -4.42. The van der Waals surface area contributed by atoms with Gasteiger partial charge in [-0.2, -0.15) is 18.3 Å². The third-order valence-corrected chi connectivity index (χ3v) is 4.34. The lowest BCUT2D eigenvalue weighted by Crippen LogP contribution is -2.19. The van der Waals surface area contributed by atoms with Crippen molar-refractivity contribution in [1.29, 1.82) is 0 Å². The molecule has 1 aromatic heterocycles. The lowest BCUT2D eigenvalue weighted by atomic mass is 10.1. The van der Waals surface area contributed by atoms with Gasteiger partial charge in [0.2, 0.25) is 0 Å². The molecule has 0 aliphatic heterocycles. The molecule has 2 amide bonds. The van der Waals surface area contributed by atoms with Crippen LogP contribution in [0.25, 0.3) is 11.3 Å². The molecule has 1 heterocycles. The van der Waals surface area contributed by atoms with Crippen LogP contribution in [0.15, 0.2) is 59.2 Å². The van der Waals surface area contributed by atoms with Gasteiger partial charge in [0.25, 0.3) is 0 Å². The second-order valence-corrected chi connectivity index (χ2v) is 6.55. The van der Waals surface area contributed by atoms with Crippen LogP contribution >= 0.6 is 15.9 Å². The van der Waals surface area contributed by atoms with Crippen LogP contribution in [0.1, 0.15) is 5.56 Å². The third-order valence-electron chi connectivity index (χ3n) is 3.76. The monoisotopic (exact) mass is 438 g/mol. The first-order valence-electron chi connectivity index (χ1n) is 7.77. The smallest absolute Gasteiger partial charge is 0.308 e. The highest BCUT2D eigenvalue weighted by Crippen LogP contribution is 2.30. The SMILES string of the molecule is Cn1ncc(Br)c1-c1cccc(NC(=O)Nc2ccc(C(F)(F)F)cc2)c1. The van der Waals surface area contributed by atoms with Gasteiger partial charge in [0.1, 0.15) is 0 Å². The first-order chi connectivity index (χ1) is 12.7. The summed E-state index contributed by atoms with van der Waals surface area (Å²) in [5.41, 5.74) is 1.70. The van der Waals surface area contributed by atoms with Gasteiger partial charge in [-0.25, -0.2) is 4.79 Å². The van der Waals surface area contributed by atoms with Crippen LogP contribution in [-0.2, 0) is 13.2 Å². The van der Waals surface area contributed by atoms with E-state index in [2.05, 4.69) is 31.7 Å². The molecule has 0 radical (unpaired) electrons. The summed E-state index contributed by atoms with van der Waals surface area (Å²) in [5, 5.41) is 9.31. The highest BCUT2D eigenvalue weighted by Gasteiger charge is 2.29. The predicted octanol–water partition coefficient (Wildman–Crippen LogP) is 5.51. The topological polar surface area (TPSA) is 59.0 Å². The Morgan fingerprint density at radius 2 is 1.74 bits per heavy atom. The quantitative estimate of drug-likeness (QED) is 0.566. The van der Waals surface area contributed by atoms with E-state index in [1.165, 1.54) is 12.1 Å². The molecule has 27 heavy (non-hydrogen) atoms. The number of nitrogens with one attached hydrogen (secondary N) is 2. The summed E-state index contributed by atoms with van der Waals surface area (Å²) in [7, 11) is 1.80. The van der Waals surface area contributed by atoms with Gasteiger partial charge in [-0.3, -0.25) is 4.68 Å². The van der Waals surface area contributed by atoms with E-state index in [4.69, 9.17) is 0 Å². The van der Waals surface area contributed by atoms with Crippen molar-refractivity contribution in [2.45, 2.75) is 6.18 Å². The van der Waals surface area contributed by atoms with E-state index in [9.17, 15) is 18.0 Å². The van der Waals surface area contributed by atoms with Crippen molar-refractivity contribution in [2.75, 3.05) is 10.6 Å². The summed E-state index contributed by atoms with van der Waals surface area (Å²) in [5.74, 6) is 0. The van der Waals surface area contributed by atoms with Gasteiger partial charge in [-0.15, -0.1) is 0 Å². The Kier molecular flexibility index (Phi) is 5.22. The summed E-state index contributed by atoms with van der Waals surface area (Å²) < 4.78 is 40.2. The molecule has 0 unspecified atom stereocenters. The van der Waals surface area contributed by atoms with Crippen molar-refractivity contribution >= 4 is 33.3 Å². The first kappa shape index (κ1) is 19.0. The van der Waals surface area contributed by atoms with E-state index >= 15 is 0 Å². The summed E-state index contributed by atoms with van der Waals surface area (Å²) in [4.78, 5) is 12.1. The standard InChI is InChI=1S/C18H14BrF3N4O/c1-26-16(15(19)10-23-26)11-3-2-4-14(9-11)25-17(27)24-13-7-5-12(6-8-13)18(20,21)22/h2-10H,1H3,(H2,24,25,27). The van der Waals surface area contributed by atoms with Gasteiger partial charge in [0.05, 0.1) is 21.9 Å². The molecular formula is C18H14BrF3N4O. The molecule has 140 valence electrons. The number of amides is 2. The summed E-state index contributed by atoms with van der Waals surface area (Å²) in [6.07, 6.45) is -2.74. The van der Waals surface area contributed by atoms with Crippen LogP contribution in [0, 0.1) is 0 Å². The maximum atomic E-state index is 12.6. The maximum absolute atomic E-state index is 12.6.